The van der Waals surface area contributed by atoms with Crippen LogP contribution in [-0.2, 0) is 18.9 Å². The van der Waals surface area contributed by atoms with Crippen molar-refractivity contribution in [2.45, 2.75) is 63.7 Å². The molecule has 18 heavy (non-hydrogen) atoms. The van der Waals surface area contributed by atoms with Crippen molar-refractivity contribution in [2.75, 3.05) is 13.2 Å². The van der Waals surface area contributed by atoms with E-state index in [0.29, 0.717) is 0 Å². The van der Waals surface area contributed by atoms with E-state index in [1.807, 2.05) is 0 Å². The average Bonchev–Trinajstić information content (AvgIpc) is 2.79. The van der Waals surface area contributed by atoms with Crippen LogP contribution in [0.15, 0.2) is 0 Å². The van der Waals surface area contributed by atoms with Gasteiger partial charge in [-0.15, -0.1) is 0 Å². The highest BCUT2D eigenvalue weighted by Gasteiger charge is 2.45. The maximum absolute atomic E-state index is 10.1. The van der Waals surface area contributed by atoms with Crippen LogP contribution in [-0.4, -0.2) is 59.4 Å². The van der Waals surface area contributed by atoms with Gasteiger partial charge in [-0.3, -0.25) is 0 Å². The number of aliphatic hydroxyl groups excluding tert-OH is 2. The van der Waals surface area contributed by atoms with E-state index in [0.717, 1.165) is 0 Å². The lowest BCUT2D eigenvalue weighted by Gasteiger charge is -2.27. The average molecular weight is 262 g/mol. The number of hydrogen-bond acceptors (Lipinski definition) is 6. The van der Waals surface area contributed by atoms with Crippen molar-refractivity contribution < 1.29 is 29.2 Å². The molecular formula is C12H22O6. The minimum absolute atomic E-state index is 0.252. The molecule has 2 saturated heterocycles. The molecule has 106 valence electrons. The van der Waals surface area contributed by atoms with Gasteiger partial charge >= 0.3 is 0 Å². The first-order valence-corrected chi connectivity index (χ1v) is 6.20. The number of aliphatic hydroxyl groups is 2. The lowest BCUT2D eigenvalue weighted by molar-refractivity contribution is -0.183. The Hall–Kier alpha value is -0.240. The normalized spacial score (nSPS) is 37.7. The van der Waals surface area contributed by atoms with Crippen LogP contribution < -0.4 is 0 Å². The summed E-state index contributed by atoms with van der Waals surface area (Å²) >= 11 is 0. The Morgan fingerprint density at radius 3 is 1.39 bits per heavy atom. The van der Waals surface area contributed by atoms with Gasteiger partial charge in [-0.25, -0.2) is 0 Å². The molecule has 0 radical (unpaired) electrons. The van der Waals surface area contributed by atoms with Gasteiger partial charge in [0.05, 0.1) is 13.2 Å². The Balaban J connectivity index is 1.92. The third-order valence-corrected chi connectivity index (χ3v) is 3.17. The van der Waals surface area contributed by atoms with Crippen molar-refractivity contribution in [1.29, 1.82) is 0 Å². The summed E-state index contributed by atoms with van der Waals surface area (Å²) in [6.45, 7) is 7.58. The fraction of sp³-hybridized carbons (Fsp3) is 1.00. The van der Waals surface area contributed by atoms with Crippen molar-refractivity contribution in [1.82, 2.24) is 0 Å². The highest BCUT2D eigenvalue weighted by atomic mass is 16.8. The van der Waals surface area contributed by atoms with Gasteiger partial charge in [-0.05, 0) is 27.7 Å². The van der Waals surface area contributed by atoms with Crippen LogP contribution >= 0.6 is 0 Å². The zero-order valence-corrected chi connectivity index (χ0v) is 11.3. The molecule has 0 aromatic rings. The summed E-state index contributed by atoms with van der Waals surface area (Å²) in [5.74, 6) is -1.45. The third-order valence-electron chi connectivity index (χ3n) is 3.17. The SMILES string of the molecule is CC1(C)OCC([C@H](O)[C@@H](O)C2COC(C)(C)O2)O1. The third kappa shape index (κ3) is 3.01. The molecule has 2 unspecified atom stereocenters. The Morgan fingerprint density at radius 2 is 1.17 bits per heavy atom. The van der Waals surface area contributed by atoms with Crippen LogP contribution in [0.1, 0.15) is 27.7 Å². The molecular weight excluding hydrogens is 240 g/mol. The second-order valence-corrected chi connectivity index (χ2v) is 5.72. The van der Waals surface area contributed by atoms with Gasteiger partial charge in [0.25, 0.3) is 0 Å². The second-order valence-electron chi connectivity index (χ2n) is 5.72. The maximum atomic E-state index is 10.1. The van der Waals surface area contributed by atoms with Gasteiger partial charge in [-0.2, -0.15) is 0 Å². The monoisotopic (exact) mass is 262 g/mol. The lowest BCUT2D eigenvalue weighted by Crippen LogP contribution is -2.47. The fourth-order valence-corrected chi connectivity index (χ4v) is 2.21. The van der Waals surface area contributed by atoms with Crippen LogP contribution in [0.5, 0.6) is 0 Å². The topological polar surface area (TPSA) is 77.4 Å². The Kier molecular flexibility index (Phi) is 3.70. The van der Waals surface area contributed by atoms with Gasteiger partial charge in [0.1, 0.15) is 24.4 Å². The molecule has 6 nitrogen and oxygen atoms in total. The van der Waals surface area contributed by atoms with Crippen LogP contribution in [0.3, 0.4) is 0 Å². The van der Waals surface area contributed by atoms with E-state index >= 15 is 0 Å². The van der Waals surface area contributed by atoms with Crippen LogP contribution in [0, 0.1) is 0 Å². The summed E-state index contributed by atoms with van der Waals surface area (Å²) in [7, 11) is 0. The van der Waals surface area contributed by atoms with Crippen molar-refractivity contribution in [3.05, 3.63) is 0 Å². The van der Waals surface area contributed by atoms with Crippen molar-refractivity contribution in [2.24, 2.45) is 0 Å². The number of hydrogen-bond donors (Lipinski definition) is 2. The molecule has 2 N–H and O–H groups in total. The van der Waals surface area contributed by atoms with E-state index < -0.39 is 36.0 Å². The highest BCUT2D eigenvalue weighted by molar-refractivity contribution is 4.88. The van der Waals surface area contributed by atoms with Crippen LogP contribution in [0.2, 0.25) is 0 Å². The molecule has 2 heterocycles. The first-order valence-electron chi connectivity index (χ1n) is 6.20. The van der Waals surface area contributed by atoms with E-state index in [1.165, 1.54) is 0 Å². The molecule has 2 fully saturated rings. The summed E-state index contributed by atoms with van der Waals surface area (Å²) < 4.78 is 21.8. The van der Waals surface area contributed by atoms with Crippen LogP contribution in [0.25, 0.3) is 0 Å². The van der Waals surface area contributed by atoms with E-state index in [1.54, 1.807) is 27.7 Å². The maximum Gasteiger partial charge on any atom is 0.163 e. The molecule has 0 spiro atoms. The second kappa shape index (κ2) is 4.70. The Bertz CT molecular complexity index is 273. The fourth-order valence-electron chi connectivity index (χ4n) is 2.21. The molecule has 0 saturated carbocycles. The molecule has 0 aromatic heterocycles. The molecule has 0 bridgehead atoms. The van der Waals surface area contributed by atoms with E-state index in [9.17, 15) is 10.2 Å². The van der Waals surface area contributed by atoms with E-state index in [2.05, 4.69) is 0 Å². The molecule has 0 amide bonds. The standard InChI is InChI=1S/C12H22O6/c1-11(2)15-5-7(17-11)9(13)10(14)8-6-16-12(3,4)18-8/h7-10,13-14H,5-6H2,1-4H3/t7?,8?,9-,10-/m0/s1. The van der Waals surface area contributed by atoms with Crippen LogP contribution in [0.4, 0.5) is 0 Å². The van der Waals surface area contributed by atoms with E-state index in [4.69, 9.17) is 18.9 Å². The molecule has 6 heteroatoms. The highest BCUT2D eigenvalue weighted by Crippen LogP contribution is 2.29. The quantitative estimate of drug-likeness (QED) is 0.746. The zero-order chi connectivity index (χ0) is 13.6. The van der Waals surface area contributed by atoms with Crippen molar-refractivity contribution in [3.63, 3.8) is 0 Å². The molecule has 2 aliphatic rings. The minimum Gasteiger partial charge on any atom is -0.387 e. The van der Waals surface area contributed by atoms with Gasteiger partial charge < -0.3 is 29.2 Å². The largest absolute Gasteiger partial charge is 0.387 e. The predicted molar refractivity (Wildman–Crippen MR) is 61.8 cm³/mol. The predicted octanol–water partition coefficient (Wildman–Crippen LogP) is 0.0112. The first-order chi connectivity index (χ1) is 8.20. The van der Waals surface area contributed by atoms with Gasteiger partial charge in [0.15, 0.2) is 11.6 Å². The lowest BCUT2D eigenvalue weighted by atomic mass is 10.0. The molecule has 2 rings (SSSR count). The van der Waals surface area contributed by atoms with Gasteiger partial charge in [0, 0.05) is 0 Å². The minimum atomic E-state index is -1.06. The molecule has 2 aliphatic heterocycles. The summed E-state index contributed by atoms with van der Waals surface area (Å²) in [6, 6.07) is 0. The summed E-state index contributed by atoms with van der Waals surface area (Å²) in [5.41, 5.74) is 0. The van der Waals surface area contributed by atoms with E-state index in [-0.39, 0.29) is 13.2 Å². The van der Waals surface area contributed by atoms with Gasteiger partial charge in [-0.1, -0.05) is 0 Å². The molecule has 0 aromatic carbocycles. The molecule has 0 aliphatic carbocycles. The van der Waals surface area contributed by atoms with Crippen molar-refractivity contribution in [3.8, 4) is 0 Å². The summed E-state index contributed by atoms with van der Waals surface area (Å²) in [5, 5.41) is 20.2. The smallest absolute Gasteiger partial charge is 0.163 e. The Morgan fingerprint density at radius 1 is 0.833 bits per heavy atom. The Labute approximate surface area is 107 Å². The summed E-state index contributed by atoms with van der Waals surface area (Å²) in [4.78, 5) is 0. The van der Waals surface area contributed by atoms with Crippen molar-refractivity contribution >= 4 is 0 Å². The molecule has 4 atom stereocenters. The summed E-state index contributed by atoms with van der Waals surface area (Å²) in [6.07, 6.45) is -3.23. The number of ether oxygens (including phenoxy) is 4. The zero-order valence-electron chi connectivity index (χ0n) is 11.3. The number of rotatable bonds is 3. The first kappa shape index (κ1) is 14.2. The van der Waals surface area contributed by atoms with Gasteiger partial charge in [0.2, 0.25) is 0 Å².